The van der Waals surface area contributed by atoms with Gasteiger partial charge in [0.1, 0.15) is 0 Å². The molecule has 0 aliphatic carbocycles. The van der Waals surface area contributed by atoms with Crippen molar-refractivity contribution >= 4 is 0 Å². The van der Waals surface area contributed by atoms with Crippen molar-refractivity contribution in [3.63, 3.8) is 0 Å². The average Bonchev–Trinajstić information content (AvgIpc) is 2.77. The molecule has 0 aromatic rings. The zero-order chi connectivity index (χ0) is 24.5. The van der Waals surface area contributed by atoms with Crippen LogP contribution in [0, 0.1) is 5.92 Å². The molecule has 0 saturated heterocycles. The van der Waals surface area contributed by atoms with Crippen molar-refractivity contribution in [2.45, 2.75) is 175 Å². The van der Waals surface area contributed by atoms with Gasteiger partial charge in [-0.3, -0.25) is 0 Å². The molecule has 0 amide bonds. The van der Waals surface area contributed by atoms with Gasteiger partial charge < -0.3 is 4.48 Å². The fraction of sp³-hybridized carbons (Fsp3) is 1.00. The monoisotopic (exact) mass is 467 g/mol. The number of nitrogens with zero attached hydrogens (tertiary/aromatic N) is 1. The number of rotatable bonds is 27. The quantitative estimate of drug-likeness (QED) is 0.0833. The summed E-state index contributed by atoms with van der Waals surface area (Å²) in [4.78, 5) is 0. The van der Waals surface area contributed by atoms with Crippen molar-refractivity contribution in [1.29, 1.82) is 0 Å². The summed E-state index contributed by atoms with van der Waals surface area (Å²) in [6.45, 7) is 9.77. The van der Waals surface area contributed by atoms with Gasteiger partial charge in [0.2, 0.25) is 0 Å². The number of quaternary nitrogens is 1. The Morgan fingerprint density at radius 3 is 0.970 bits per heavy atom. The van der Waals surface area contributed by atoms with E-state index in [1.807, 2.05) is 0 Å². The SMILES string of the molecule is CCCCCCCCCCCC[N+](C)(C)CCCCCCCCCCCCCCCC(C)C. The van der Waals surface area contributed by atoms with E-state index in [2.05, 4.69) is 34.9 Å². The van der Waals surface area contributed by atoms with Crippen molar-refractivity contribution in [1.82, 2.24) is 0 Å². The lowest BCUT2D eigenvalue weighted by Gasteiger charge is -2.30. The van der Waals surface area contributed by atoms with Gasteiger partial charge in [0, 0.05) is 0 Å². The zero-order valence-electron chi connectivity index (χ0n) is 24.4. The van der Waals surface area contributed by atoms with Gasteiger partial charge >= 0.3 is 0 Å². The second-order valence-corrected chi connectivity index (χ2v) is 12.3. The predicted molar refractivity (Wildman–Crippen MR) is 153 cm³/mol. The lowest BCUT2D eigenvalue weighted by atomic mass is 10.0. The molecule has 0 aromatic carbocycles. The van der Waals surface area contributed by atoms with Crippen LogP contribution >= 0.6 is 0 Å². The second kappa shape index (κ2) is 25.1. The smallest absolute Gasteiger partial charge is 0.0782 e. The van der Waals surface area contributed by atoms with Crippen LogP contribution in [0.2, 0.25) is 0 Å². The first kappa shape index (κ1) is 33.0. The van der Waals surface area contributed by atoms with Crippen molar-refractivity contribution < 1.29 is 4.48 Å². The number of unbranched alkanes of at least 4 members (excludes halogenated alkanes) is 21. The molecule has 200 valence electrons. The third kappa shape index (κ3) is 28.1. The van der Waals surface area contributed by atoms with Gasteiger partial charge in [-0.25, -0.2) is 0 Å². The molecule has 33 heavy (non-hydrogen) atoms. The molecule has 0 heterocycles. The normalized spacial score (nSPS) is 12.2. The van der Waals surface area contributed by atoms with E-state index in [1.54, 1.807) is 0 Å². The molecule has 0 fully saturated rings. The van der Waals surface area contributed by atoms with E-state index in [4.69, 9.17) is 0 Å². The fourth-order valence-electron chi connectivity index (χ4n) is 5.18. The highest BCUT2D eigenvalue weighted by atomic mass is 15.3. The Labute approximate surface area is 212 Å². The van der Waals surface area contributed by atoms with Crippen molar-refractivity contribution in [3.05, 3.63) is 0 Å². The lowest BCUT2D eigenvalue weighted by Crippen LogP contribution is -2.41. The summed E-state index contributed by atoms with van der Waals surface area (Å²) in [7, 11) is 4.91. The molecule has 0 unspecified atom stereocenters. The molecule has 0 aliphatic rings. The van der Waals surface area contributed by atoms with Crippen molar-refractivity contribution in [2.75, 3.05) is 27.2 Å². The summed E-state index contributed by atoms with van der Waals surface area (Å²) in [5.41, 5.74) is 0. The van der Waals surface area contributed by atoms with E-state index < -0.39 is 0 Å². The first-order chi connectivity index (χ1) is 16.0. The van der Waals surface area contributed by atoms with Gasteiger partial charge in [-0.2, -0.15) is 0 Å². The minimum absolute atomic E-state index is 0.893. The highest BCUT2D eigenvalue weighted by Crippen LogP contribution is 2.15. The van der Waals surface area contributed by atoms with E-state index in [9.17, 15) is 0 Å². The van der Waals surface area contributed by atoms with Crippen LogP contribution in [0.4, 0.5) is 0 Å². The van der Waals surface area contributed by atoms with Crippen LogP contribution in [0.25, 0.3) is 0 Å². The van der Waals surface area contributed by atoms with E-state index in [0.29, 0.717) is 0 Å². The standard InChI is InChI=1S/C32H68N/c1-6-7-8-9-10-11-18-21-24-27-30-33(4,5)31-28-25-22-19-16-14-12-13-15-17-20-23-26-29-32(2)3/h32H,6-31H2,1-5H3/q+1. The van der Waals surface area contributed by atoms with Gasteiger partial charge in [-0.1, -0.05) is 149 Å². The van der Waals surface area contributed by atoms with E-state index in [-0.39, 0.29) is 0 Å². The average molecular weight is 467 g/mol. The van der Waals surface area contributed by atoms with Crippen LogP contribution in [0.1, 0.15) is 175 Å². The highest BCUT2D eigenvalue weighted by molar-refractivity contribution is 4.52. The summed E-state index contributed by atoms with van der Waals surface area (Å²) < 4.78 is 1.24. The first-order valence-corrected chi connectivity index (χ1v) is 15.8. The molecule has 0 rings (SSSR count). The van der Waals surface area contributed by atoms with Crippen LogP contribution in [0.5, 0.6) is 0 Å². The third-order valence-corrected chi connectivity index (χ3v) is 7.66. The van der Waals surface area contributed by atoms with Crippen LogP contribution in [0.3, 0.4) is 0 Å². The van der Waals surface area contributed by atoms with Crippen LogP contribution in [0.15, 0.2) is 0 Å². The minimum Gasteiger partial charge on any atom is -0.328 e. The van der Waals surface area contributed by atoms with E-state index in [1.165, 1.54) is 172 Å². The first-order valence-electron chi connectivity index (χ1n) is 15.8. The molecule has 0 N–H and O–H groups in total. The molecular weight excluding hydrogens is 398 g/mol. The topological polar surface area (TPSA) is 0 Å². The Morgan fingerprint density at radius 2 is 0.667 bits per heavy atom. The Balaban J connectivity index is 3.28. The third-order valence-electron chi connectivity index (χ3n) is 7.66. The maximum atomic E-state index is 2.46. The Bertz CT molecular complexity index is 360. The number of hydrogen-bond donors (Lipinski definition) is 0. The second-order valence-electron chi connectivity index (χ2n) is 12.3. The Hall–Kier alpha value is -0.0400. The van der Waals surface area contributed by atoms with Gasteiger partial charge in [0.05, 0.1) is 27.2 Å². The van der Waals surface area contributed by atoms with Crippen molar-refractivity contribution in [3.8, 4) is 0 Å². The molecule has 0 saturated carbocycles. The summed E-state index contributed by atoms with van der Waals surface area (Å²) in [5.74, 6) is 0.893. The van der Waals surface area contributed by atoms with Gasteiger partial charge in [0.25, 0.3) is 0 Å². The molecule has 0 atom stereocenters. The summed E-state index contributed by atoms with van der Waals surface area (Å²) in [5, 5.41) is 0. The molecular formula is C32H68N+. The molecule has 0 radical (unpaired) electrons. The largest absolute Gasteiger partial charge is 0.328 e. The van der Waals surface area contributed by atoms with Gasteiger partial charge in [-0.05, 0) is 31.6 Å². The summed E-state index contributed by atoms with van der Waals surface area (Å²) in [6.07, 6.45) is 35.0. The molecule has 0 bridgehead atoms. The van der Waals surface area contributed by atoms with Gasteiger partial charge in [0.15, 0.2) is 0 Å². The summed E-state index contributed by atoms with van der Waals surface area (Å²) >= 11 is 0. The van der Waals surface area contributed by atoms with Crippen LogP contribution in [-0.4, -0.2) is 31.7 Å². The minimum atomic E-state index is 0.893. The number of hydrogen-bond acceptors (Lipinski definition) is 0. The lowest BCUT2D eigenvalue weighted by molar-refractivity contribution is -0.890. The van der Waals surface area contributed by atoms with Crippen LogP contribution in [-0.2, 0) is 0 Å². The molecule has 0 aromatic heterocycles. The zero-order valence-corrected chi connectivity index (χ0v) is 24.4. The maximum absolute atomic E-state index is 2.46. The Kier molecular flexibility index (Phi) is 25.0. The predicted octanol–water partition coefficient (Wildman–Crippen LogP) is 11.1. The van der Waals surface area contributed by atoms with E-state index >= 15 is 0 Å². The fourth-order valence-corrected chi connectivity index (χ4v) is 5.18. The molecule has 0 aliphatic heterocycles. The molecule has 0 spiro atoms. The molecule has 1 heteroatoms. The Morgan fingerprint density at radius 1 is 0.394 bits per heavy atom. The maximum Gasteiger partial charge on any atom is 0.0782 e. The van der Waals surface area contributed by atoms with Gasteiger partial charge in [-0.15, -0.1) is 0 Å². The molecule has 1 nitrogen and oxygen atoms in total. The van der Waals surface area contributed by atoms with E-state index in [0.717, 1.165) is 5.92 Å². The highest BCUT2D eigenvalue weighted by Gasteiger charge is 2.13. The van der Waals surface area contributed by atoms with Crippen molar-refractivity contribution in [2.24, 2.45) is 5.92 Å². The summed E-state index contributed by atoms with van der Waals surface area (Å²) in [6, 6.07) is 0. The van der Waals surface area contributed by atoms with Crippen LogP contribution < -0.4 is 0 Å².